The van der Waals surface area contributed by atoms with Crippen molar-refractivity contribution in [3.05, 3.63) is 57.8 Å². The fourth-order valence-electron chi connectivity index (χ4n) is 2.17. The normalized spacial score (nSPS) is 11.1. The van der Waals surface area contributed by atoms with Crippen LogP contribution in [0.2, 0.25) is 0 Å². The van der Waals surface area contributed by atoms with Crippen LogP contribution in [0.4, 0.5) is 0 Å². The van der Waals surface area contributed by atoms with Crippen molar-refractivity contribution in [3.8, 4) is 0 Å². The first-order valence-corrected chi connectivity index (χ1v) is 10.5. The highest BCUT2D eigenvalue weighted by Crippen LogP contribution is 2.22. The van der Waals surface area contributed by atoms with Gasteiger partial charge in [-0.3, -0.25) is 19.7 Å². The number of carbonyl (C=O) groups is 3. The van der Waals surface area contributed by atoms with Crippen molar-refractivity contribution in [1.29, 1.82) is 0 Å². The molecule has 2 amide bonds. The molecule has 1 aromatic heterocycles. The zero-order valence-electron chi connectivity index (χ0n) is 15.6. The lowest BCUT2D eigenvalue weighted by molar-refractivity contribution is -0.145. The second-order valence-electron chi connectivity index (χ2n) is 6.94. The third-order valence-corrected chi connectivity index (χ3v) is 5.69. The van der Waals surface area contributed by atoms with E-state index in [1.807, 2.05) is 29.6 Å². The van der Waals surface area contributed by atoms with Gasteiger partial charge < -0.3 is 4.74 Å². The zero-order chi connectivity index (χ0) is 19.9. The van der Waals surface area contributed by atoms with Crippen LogP contribution < -0.4 is 5.32 Å². The third kappa shape index (κ3) is 7.19. The molecule has 0 aliphatic rings. The fraction of sp³-hybridized carbons (Fsp3) is 0.350. The Morgan fingerprint density at radius 3 is 2.41 bits per heavy atom. The molecule has 0 saturated carbocycles. The molecular formula is C20H23NO4S2. The highest BCUT2D eigenvalue weighted by molar-refractivity contribution is 7.99. The monoisotopic (exact) mass is 405 g/mol. The summed E-state index contributed by atoms with van der Waals surface area (Å²) in [6.45, 7) is 5.78. The topological polar surface area (TPSA) is 72.5 Å². The molecule has 2 rings (SSSR count). The average molecular weight is 406 g/mol. The molecule has 7 heteroatoms. The molecule has 2 aromatic rings. The summed E-state index contributed by atoms with van der Waals surface area (Å²) in [5.41, 5.74) is 1.47. The molecule has 0 atom stereocenters. The van der Waals surface area contributed by atoms with Crippen LogP contribution in [0.3, 0.4) is 0 Å². The lowest BCUT2D eigenvalue weighted by atomic mass is 9.87. The van der Waals surface area contributed by atoms with Crippen LogP contribution in [-0.2, 0) is 25.5 Å². The number of thioether (sulfide) groups is 1. The molecule has 0 saturated heterocycles. The van der Waals surface area contributed by atoms with E-state index >= 15 is 0 Å². The summed E-state index contributed by atoms with van der Waals surface area (Å²) in [5.74, 6) is -0.746. The van der Waals surface area contributed by atoms with Crippen LogP contribution in [0.25, 0.3) is 0 Å². The SMILES string of the molecule is CC(C)(C)c1ccc(C(=O)NC(=O)COC(=O)CSCc2cccs2)cc1. The number of esters is 1. The highest BCUT2D eigenvalue weighted by atomic mass is 32.2. The first-order valence-electron chi connectivity index (χ1n) is 8.46. The largest absolute Gasteiger partial charge is 0.455 e. The Labute approximate surface area is 167 Å². The molecule has 1 heterocycles. The molecule has 144 valence electrons. The van der Waals surface area contributed by atoms with E-state index in [2.05, 4.69) is 26.1 Å². The summed E-state index contributed by atoms with van der Waals surface area (Å²) in [6.07, 6.45) is 0. The lowest BCUT2D eigenvalue weighted by Crippen LogP contribution is -2.34. The fourth-order valence-corrected chi connectivity index (χ4v) is 3.83. The quantitative estimate of drug-likeness (QED) is 0.710. The van der Waals surface area contributed by atoms with E-state index in [4.69, 9.17) is 4.74 Å². The van der Waals surface area contributed by atoms with E-state index < -0.39 is 24.4 Å². The molecular weight excluding hydrogens is 382 g/mol. The molecule has 0 aliphatic carbocycles. The number of imide groups is 1. The summed E-state index contributed by atoms with van der Waals surface area (Å²) in [6, 6.07) is 11.0. The minimum absolute atomic E-state index is 0.0134. The molecule has 0 bridgehead atoms. The number of nitrogens with one attached hydrogen (secondary N) is 1. The van der Waals surface area contributed by atoms with E-state index in [1.165, 1.54) is 16.6 Å². The summed E-state index contributed by atoms with van der Waals surface area (Å²) in [7, 11) is 0. The number of rotatable bonds is 7. The van der Waals surface area contributed by atoms with Crippen molar-refractivity contribution in [2.75, 3.05) is 12.4 Å². The molecule has 0 radical (unpaired) electrons. The number of hydrogen-bond donors (Lipinski definition) is 1. The molecule has 0 spiro atoms. The lowest BCUT2D eigenvalue weighted by Gasteiger charge is -2.18. The van der Waals surface area contributed by atoms with Crippen LogP contribution in [0.15, 0.2) is 41.8 Å². The number of hydrogen-bond acceptors (Lipinski definition) is 6. The number of benzene rings is 1. The van der Waals surface area contributed by atoms with E-state index in [0.717, 1.165) is 11.3 Å². The van der Waals surface area contributed by atoms with Gasteiger partial charge in [-0.15, -0.1) is 23.1 Å². The average Bonchev–Trinajstić information content (AvgIpc) is 3.13. The Balaban J connectivity index is 1.71. The van der Waals surface area contributed by atoms with Gasteiger partial charge in [0, 0.05) is 16.2 Å². The van der Waals surface area contributed by atoms with Crippen LogP contribution >= 0.6 is 23.1 Å². The summed E-state index contributed by atoms with van der Waals surface area (Å²) < 4.78 is 4.90. The van der Waals surface area contributed by atoms with Gasteiger partial charge in [-0.05, 0) is 34.6 Å². The van der Waals surface area contributed by atoms with Gasteiger partial charge in [-0.2, -0.15) is 0 Å². The first kappa shape index (κ1) is 21.2. The number of ether oxygens (including phenoxy) is 1. The summed E-state index contributed by atoms with van der Waals surface area (Å²) in [4.78, 5) is 36.7. The Kier molecular flexibility index (Phi) is 7.62. The maximum atomic E-state index is 12.1. The van der Waals surface area contributed by atoms with Crippen LogP contribution in [-0.4, -0.2) is 30.1 Å². The smallest absolute Gasteiger partial charge is 0.316 e. The minimum Gasteiger partial charge on any atom is -0.455 e. The summed E-state index contributed by atoms with van der Waals surface area (Å²) in [5, 5.41) is 4.21. The maximum Gasteiger partial charge on any atom is 0.316 e. The molecule has 0 fully saturated rings. The predicted octanol–water partition coefficient (Wildman–Crippen LogP) is 3.78. The Morgan fingerprint density at radius 2 is 1.81 bits per heavy atom. The molecule has 27 heavy (non-hydrogen) atoms. The maximum absolute atomic E-state index is 12.1. The van der Waals surface area contributed by atoms with Gasteiger partial charge in [0.25, 0.3) is 11.8 Å². The predicted molar refractivity (Wildman–Crippen MR) is 109 cm³/mol. The Hall–Kier alpha value is -2.12. The van der Waals surface area contributed by atoms with Gasteiger partial charge >= 0.3 is 5.97 Å². The van der Waals surface area contributed by atoms with E-state index in [1.54, 1.807) is 23.5 Å². The van der Waals surface area contributed by atoms with Gasteiger partial charge in [0.05, 0.1) is 5.75 Å². The van der Waals surface area contributed by atoms with Crippen molar-refractivity contribution < 1.29 is 19.1 Å². The third-order valence-electron chi connectivity index (χ3n) is 3.67. The van der Waals surface area contributed by atoms with Crippen molar-refractivity contribution in [2.24, 2.45) is 0 Å². The molecule has 5 nitrogen and oxygen atoms in total. The minimum atomic E-state index is -0.642. The van der Waals surface area contributed by atoms with Gasteiger partial charge in [-0.25, -0.2) is 0 Å². The van der Waals surface area contributed by atoms with Crippen molar-refractivity contribution in [3.63, 3.8) is 0 Å². The van der Waals surface area contributed by atoms with Gasteiger partial charge in [0.1, 0.15) is 0 Å². The second-order valence-corrected chi connectivity index (χ2v) is 8.96. The van der Waals surface area contributed by atoms with E-state index in [0.29, 0.717) is 5.56 Å². The van der Waals surface area contributed by atoms with Gasteiger partial charge in [0.15, 0.2) is 6.61 Å². The first-order chi connectivity index (χ1) is 12.8. The van der Waals surface area contributed by atoms with Crippen LogP contribution in [0.5, 0.6) is 0 Å². The van der Waals surface area contributed by atoms with Gasteiger partial charge in [-0.1, -0.05) is 39.0 Å². The van der Waals surface area contributed by atoms with E-state index in [-0.39, 0.29) is 11.2 Å². The van der Waals surface area contributed by atoms with E-state index in [9.17, 15) is 14.4 Å². The molecule has 1 aromatic carbocycles. The molecule has 1 N–H and O–H groups in total. The number of amides is 2. The summed E-state index contributed by atoms with van der Waals surface area (Å²) >= 11 is 3.05. The highest BCUT2D eigenvalue weighted by Gasteiger charge is 2.16. The Morgan fingerprint density at radius 1 is 1.11 bits per heavy atom. The zero-order valence-corrected chi connectivity index (χ0v) is 17.2. The second kappa shape index (κ2) is 9.71. The van der Waals surface area contributed by atoms with Gasteiger partial charge in [0.2, 0.25) is 0 Å². The standard InChI is InChI=1S/C20H23NO4S2/c1-20(2,3)15-8-6-14(7-9-15)19(24)21-17(22)11-25-18(23)13-26-12-16-5-4-10-27-16/h4-10H,11-13H2,1-3H3,(H,21,22,24). The molecule has 0 aliphatic heterocycles. The number of carbonyl (C=O) groups excluding carboxylic acids is 3. The van der Waals surface area contributed by atoms with Crippen molar-refractivity contribution in [2.45, 2.75) is 31.9 Å². The van der Waals surface area contributed by atoms with Crippen molar-refractivity contribution >= 4 is 40.9 Å². The van der Waals surface area contributed by atoms with Crippen LogP contribution in [0.1, 0.15) is 41.6 Å². The number of thiophene rings is 1. The molecule has 0 unspecified atom stereocenters. The van der Waals surface area contributed by atoms with Crippen LogP contribution in [0, 0.1) is 0 Å². The Bertz CT molecular complexity index is 777. The van der Waals surface area contributed by atoms with Crippen molar-refractivity contribution in [1.82, 2.24) is 5.32 Å².